The first kappa shape index (κ1) is 20.5. The summed E-state index contributed by atoms with van der Waals surface area (Å²) >= 11 is 0. The molecule has 0 fully saturated rings. The number of nitrogens with one attached hydrogen (secondary N) is 2. The molecule has 0 spiro atoms. The molecule has 1 aromatic heterocycles. The molecule has 2 N–H and O–H groups in total. The van der Waals surface area contributed by atoms with Crippen LogP contribution < -0.4 is 15.4 Å². The number of methoxy groups -OCH3 is 1. The maximum atomic E-state index is 12.3. The molecule has 0 unspecified atom stereocenters. The van der Waals surface area contributed by atoms with Gasteiger partial charge in [-0.15, -0.1) is 0 Å². The molecule has 30 heavy (non-hydrogen) atoms. The summed E-state index contributed by atoms with van der Waals surface area (Å²) in [6, 6.07) is 16.2. The van der Waals surface area contributed by atoms with E-state index in [-0.39, 0.29) is 29.7 Å². The molecule has 3 aromatic rings. The minimum Gasteiger partial charge on any atom is -0.497 e. The van der Waals surface area contributed by atoms with Gasteiger partial charge in [-0.3, -0.25) is 9.59 Å². The Labute approximate surface area is 173 Å². The van der Waals surface area contributed by atoms with E-state index in [9.17, 15) is 9.59 Å². The van der Waals surface area contributed by atoms with Gasteiger partial charge in [0.25, 0.3) is 11.8 Å². The molecule has 0 saturated carbocycles. The smallest absolute Gasteiger partial charge is 0.254 e. The third kappa shape index (κ3) is 5.39. The van der Waals surface area contributed by atoms with Crippen molar-refractivity contribution in [1.29, 1.82) is 5.26 Å². The molecular formula is C22H19N5O3. The normalized spacial score (nSPS) is 10.0. The number of nitrogens with zero attached hydrogens (tertiary/aromatic N) is 3. The first-order valence-corrected chi connectivity index (χ1v) is 9.09. The summed E-state index contributed by atoms with van der Waals surface area (Å²) in [4.78, 5) is 32.0. The lowest BCUT2D eigenvalue weighted by Crippen LogP contribution is -2.24. The number of benzene rings is 2. The zero-order chi connectivity index (χ0) is 21.3. The Morgan fingerprint density at radius 3 is 2.20 bits per heavy atom. The second-order valence-electron chi connectivity index (χ2n) is 6.32. The van der Waals surface area contributed by atoms with Crippen molar-refractivity contribution in [2.24, 2.45) is 0 Å². The Balaban J connectivity index is 1.51. The molecule has 0 radical (unpaired) electrons. The lowest BCUT2D eigenvalue weighted by atomic mass is 10.1. The van der Waals surface area contributed by atoms with Gasteiger partial charge in [0, 0.05) is 31.0 Å². The Hall–Kier alpha value is -4.25. The molecule has 3 rings (SSSR count). The average Bonchev–Trinajstić information content (AvgIpc) is 2.81. The number of rotatable bonds is 7. The second-order valence-corrected chi connectivity index (χ2v) is 6.32. The van der Waals surface area contributed by atoms with E-state index in [4.69, 9.17) is 10.00 Å². The second kappa shape index (κ2) is 9.80. The van der Waals surface area contributed by atoms with Gasteiger partial charge in [-0.05, 0) is 35.4 Å². The lowest BCUT2D eigenvalue weighted by Gasteiger charge is -2.08. The molecule has 0 atom stereocenters. The van der Waals surface area contributed by atoms with E-state index in [1.807, 2.05) is 24.3 Å². The predicted molar refractivity (Wildman–Crippen MR) is 109 cm³/mol. The largest absolute Gasteiger partial charge is 0.497 e. The third-order valence-electron chi connectivity index (χ3n) is 4.27. The number of carbonyl (C=O) groups excluding carboxylic acids is 2. The molecule has 0 aliphatic carbocycles. The summed E-state index contributed by atoms with van der Waals surface area (Å²) in [5, 5.41) is 14.3. The number of ether oxygens (including phenoxy) is 1. The SMILES string of the molecule is COc1cccc(CNC(=O)c2ccc(CNC(=O)c3cnc(C#N)nc3)cc2)c1. The fraction of sp³-hybridized carbons (Fsp3) is 0.136. The van der Waals surface area contributed by atoms with Gasteiger partial charge < -0.3 is 15.4 Å². The summed E-state index contributed by atoms with van der Waals surface area (Å²) < 4.78 is 5.18. The molecule has 2 amide bonds. The zero-order valence-corrected chi connectivity index (χ0v) is 16.3. The van der Waals surface area contributed by atoms with E-state index in [1.165, 1.54) is 12.4 Å². The molecule has 1 heterocycles. The van der Waals surface area contributed by atoms with Gasteiger partial charge in [0.15, 0.2) is 0 Å². The first-order chi connectivity index (χ1) is 14.6. The first-order valence-electron chi connectivity index (χ1n) is 9.09. The standard InChI is InChI=1S/C22H19N5O3/c1-30-19-4-2-3-16(9-19)12-27-21(28)17-7-5-15(6-8-17)11-26-22(29)18-13-24-20(10-23)25-14-18/h2-9,13-14H,11-12H2,1H3,(H,26,29)(H,27,28). The van der Waals surface area contributed by atoms with Crippen molar-refractivity contribution in [3.05, 3.63) is 89.0 Å². The highest BCUT2D eigenvalue weighted by Gasteiger charge is 2.09. The maximum Gasteiger partial charge on any atom is 0.254 e. The highest BCUT2D eigenvalue weighted by Crippen LogP contribution is 2.12. The number of amides is 2. The monoisotopic (exact) mass is 401 g/mol. The Morgan fingerprint density at radius 1 is 0.933 bits per heavy atom. The summed E-state index contributed by atoms with van der Waals surface area (Å²) in [6.07, 6.45) is 2.60. The Bertz CT molecular complexity index is 1070. The van der Waals surface area contributed by atoms with E-state index in [0.717, 1.165) is 16.9 Å². The average molecular weight is 401 g/mol. The van der Waals surface area contributed by atoms with Crippen LogP contribution in [-0.2, 0) is 13.1 Å². The topological polar surface area (TPSA) is 117 Å². The Kier molecular flexibility index (Phi) is 6.69. The van der Waals surface area contributed by atoms with Crippen molar-refractivity contribution >= 4 is 11.8 Å². The number of hydrogen-bond acceptors (Lipinski definition) is 6. The fourth-order valence-corrected chi connectivity index (χ4v) is 2.63. The minimum absolute atomic E-state index is 0.00631. The van der Waals surface area contributed by atoms with Crippen LogP contribution in [0.5, 0.6) is 5.75 Å². The lowest BCUT2D eigenvalue weighted by molar-refractivity contribution is 0.0941. The van der Waals surface area contributed by atoms with Crippen LogP contribution >= 0.6 is 0 Å². The summed E-state index contributed by atoms with van der Waals surface area (Å²) in [6.45, 7) is 0.672. The van der Waals surface area contributed by atoms with Crippen LogP contribution in [0, 0.1) is 11.3 Å². The van der Waals surface area contributed by atoms with Crippen molar-refractivity contribution in [2.75, 3.05) is 7.11 Å². The van der Waals surface area contributed by atoms with Crippen LogP contribution in [0.4, 0.5) is 0 Å². The molecule has 0 saturated heterocycles. The van der Waals surface area contributed by atoms with Crippen LogP contribution in [0.3, 0.4) is 0 Å². The summed E-state index contributed by atoms with van der Waals surface area (Å²) in [7, 11) is 1.60. The molecule has 8 nitrogen and oxygen atoms in total. The minimum atomic E-state index is -0.348. The summed E-state index contributed by atoms with van der Waals surface area (Å²) in [5.41, 5.74) is 2.56. The predicted octanol–water partition coefficient (Wildman–Crippen LogP) is 2.22. The highest BCUT2D eigenvalue weighted by molar-refractivity contribution is 5.94. The zero-order valence-electron chi connectivity index (χ0n) is 16.3. The van der Waals surface area contributed by atoms with Gasteiger partial charge in [0.2, 0.25) is 5.82 Å². The molecule has 8 heteroatoms. The van der Waals surface area contributed by atoms with E-state index >= 15 is 0 Å². The van der Waals surface area contributed by atoms with Crippen LogP contribution in [0.1, 0.15) is 37.7 Å². The highest BCUT2D eigenvalue weighted by atomic mass is 16.5. The van der Waals surface area contributed by atoms with Gasteiger partial charge in [-0.1, -0.05) is 24.3 Å². The molecule has 0 bridgehead atoms. The van der Waals surface area contributed by atoms with Gasteiger partial charge in [-0.25, -0.2) is 9.97 Å². The quantitative estimate of drug-likeness (QED) is 0.627. The van der Waals surface area contributed by atoms with Gasteiger partial charge in [0.1, 0.15) is 11.8 Å². The van der Waals surface area contributed by atoms with Crippen molar-refractivity contribution in [1.82, 2.24) is 20.6 Å². The van der Waals surface area contributed by atoms with E-state index in [2.05, 4.69) is 20.6 Å². The van der Waals surface area contributed by atoms with Gasteiger partial charge >= 0.3 is 0 Å². The van der Waals surface area contributed by atoms with Gasteiger partial charge in [-0.2, -0.15) is 5.26 Å². The molecular weight excluding hydrogens is 382 g/mol. The number of aromatic nitrogens is 2. The number of carbonyl (C=O) groups is 2. The van der Waals surface area contributed by atoms with Crippen LogP contribution in [0.25, 0.3) is 0 Å². The van der Waals surface area contributed by atoms with Crippen molar-refractivity contribution in [3.63, 3.8) is 0 Å². The van der Waals surface area contributed by atoms with Crippen molar-refractivity contribution in [2.45, 2.75) is 13.1 Å². The van der Waals surface area contributed by atoms with Crippen LogP contribution in [0.15, 0.2) is 60.9 Å². The fourth-order valence-electron chi connectivity index (χ4n) is 2.63. The molecule has 0 aliphatic rings. The maximum absolute atomic E-state index is 12.3. The van der Waals surface area contributed by atoms with Crippen LogP contribution in [0.2, 0.25) is 0 Å². The Morgan fingerprint density at radius 2 is 1.57 bits per heavy atom. The third-order valence-corrected chi connectivity index (χ3v) is 4.27. The van der Waals surface area contributed by atoms with E-state index in [0.29, 0.717) is 12.1 Å². The number of nitriles is 1. The molecule has 0 aliphatic heterocycles. The van der Waals surface area contributed by atoms with Crippen molar-refractivity contribution in [3.8, 4) is 11.8 Å². The molecule has 2 aromatic carbocycles. The summed E-state index contributed by atoms with van der Waals surface area (Å²) in [5.74, 6) is 0.204. The molecule has 150 valence electrons. The van der Waals surface area contributed by atoms with Crippen molar-refractivity contribution < 1.29 is 14.3 Å². The van der Waals surface area contributed by atoms with Crippen LogP contribution in [-0.4, -0.2) is 28.9 Å². The van der Waals surface area contributed by atoms with E-state index in [1.54, 1.807) is 37.4 Å². The van der Waals surface area contributed by atoms with E-state index < -0.39 is 0 Å². The van der Waals surface area contributed by atoms with Gasteiger partial charge in [0.05, 0.1) is 12.7 Å². The number of hydrogen-bond donors (Lipinski definition) is 2.